The van der Waals surface area contributed by atoms with Gasteiger partial charge in [0.05, 0.1) is 0 Å². The summed E-state index contributed by atoms with van der Waals surface area (Å²) in [6.07, 6.45) is 1.33. The monoisotopic (exact) mass is 311 g/mol. The van der Waals surface area contributed by atoms with Gasteiger partial charge >= 0.3 is 0 Å². The highest BCUT2D eigenvalue weighted by Crippen LogP contribution is 2.19. The van der Waals surface area contributed by atoms with Gasteiger partial charge in [0, 0.05) is 31.0 Å². The van der Waals surface area contributed by atoms with Crippen LogP contribution in [0.15, 0.2) is 47.5 Å². The van der Waals surface area contributed by atoms with Crippen molar-refractivity contribution in [2.45, 2.75) is 4.90 Å². The Balaban J connectivity index is 2.19. The summed E-state index contributed by atoms with van der Waals surface area (Å²) in [5, 5.41) is 3.71. The number of sulfonamides is 1. The van der Waals surface area contributed by atoms with Crippen molar-refractivity contribution in [3.8, 4) is 0 Å². The Bertz CT molecular complexity index is 683. The number of nitrogens with zero attached hydrogens (tertiary/aromatic N) is 2. The lowest BCUT2D eigenvalue weighted by Gasteiger charge is -2.11. The van der Waals surface area contributed by atoms with Gasteiger partial charge < -0.3 is 5.32 Å². The topological polar surface area (TPSA) is 62.3 Å². The number of anilines is 2. The van der Waals surface area contributed by atoms with Crippen LogP contribution in [0.4, 0.5) is 11.5 Å². The third kappa shape index (κ3) is 3.27. The molecule has 0 aliphatic heterocycles. The summed E-state index contributed by atoms with van der Waals surface area (Å²) in [5.41, 5.74) is 0.824. The fourth-order valence-electron chi connectivity index (χ4n) is 1.50. The number of halogens is 1. The lowest BCUT2D eigenvalue weighted by molar-refractivity contribution is 0.520. The first-order chi connectivity index (χ1) is 9.39. The van der Waals surface area contributed by atoms with E-state index in [-0.39, 0.29) is 4.90 Å². The molecule has 0 saturated heterocycles. The molecule has 0 bridgehead atoms. The second-order valence-electron chi connectivity index (χ2n) is 4.30. The molecule has 0 atom stereocenters. The van der Waals surface area contributed by atoms with Crippen molar-refractivity contribution >= 4 is 33.1 Å². The largest absolute Gasteiger partial charge is 0.340 e. The SMILES string of the molecule is CN(C)S(=O)(=O)c1ccc(Nc2ccc(Cl)cc2)nc1. The second-order valence-corrected chi connectivity index (χ2v) is 6.89. The Kier molecular flexibility index (Phi) is 4.27. The van der Waals surface area contributed by atoms with Gasteiger partial charge in [-0.2, -0.15) is 0 Å². The van der Waals surface area contributed by atoms with Gasteiger partial charge in [-0.1, -0.05) is 11.6 Å². The van der Waals surface area contributed by atoms with Crippen LogP contribution in [0, 0.1) is 0 Å². The number of hydrogen-bond acceptors (Lipinski definition) is 4. The van der Waals surface area contributed by atoms with Gasteiger partial charge in [0.15, 0.2) is 0 Å². The molecule has 2 aromatic rings. The smallest absolute Gasteiger partial charge is 0.244 e. The van der Waals surface area contributed by atoms with Crippen LogP contribution in [0.5, 0.6) is 0 Å². The Morgan fingerprint density at radius 3 is 2.25 bits per heavy atom. The molecule has 1 aromatic carbocycles. The second kappa shape index (κ2) is 5.78. The molecule has 0 amide bonds. The van der Waals surface area contributed by atoms with E-state index in [1.807, 2.05) is 12.1 Å². The summed E-state index contributed by atoms with van der Waals surface area (Å²) in [4.78, 5) is 4.25. The highest BCUT2D eigenvalue weighted by atomic mass is 35.5. The van der Waals surface area contributed by atoms with E-state index in [0.29, 0.717) is 10.8 Å². The van der Waals surface area contributed by atoms with Crippen LogP contribution in [-0.2, 0) is 10.0 Å². The maximum Gasteiger partial charge on any atom is 0.244 e. The molecule has 0 radical (unpaired) electrons. The molecular weight excluding hydrogens is 298 g/mol. The molecule has 0 fully saturated rings. The molecule has 5 nitrogen and oxygen atoms in total. The first kappa shape index (κ1) is 14.8. The number of benzene rings is 1. The minimum atomic E-state index is -3.45. The van der Waals surface area contributed by atoms with E-state index < -0.39 is 10.0 Å². The predicted octanol–water partition coefficient (Wildman–Crippen LogP) is 2.73. The molecule has 106 valence electrons. The van der Waals surface area contributed by atoms with Crippen LogP contribution in [-0.4, -0.2) is 31.8 Å². The van der Waals surface area contributed by atoms with E-state index in [2.05, 4.69) is 10.3 Å². The van der Waals surface area contributed by atoms with Gasteiger partial charge in [-0.15, -0.1) is 0 Å². The van der Waals surface area contributed by atoms with Crippen LogP contribution >= 0.6 is 11.6 Å². The van der Waals surface area contributed by atoms with Crippen LogP contribution in [0.1, 0.15) is 0 Å². The molecule has 1 N–H and O–H groups in total. The normalized spacial score (nSPS) is 11.6. The minimum absolute atomic E-state index is 0.157. The number of nitrogens with one attached hydrogen (secondary N) is 1. The first-order valence-electron chi connectivity index (χ1n) is 5.81. The zero-order chi connectivity index (χ0) is 14.8. The minimum Gasteiger partial charge on any atom is -0.340 e. The summed E-state index contributed by atoms with van der Waals surface area (Å²) in [6.45, 7) is 0. The molecular formula is C13H14ClN3O2S. The van der Waals surface area contributed by atoms with E-state index in [4.69, 9.17) is 11.6 Å². The van der Waals surface area contributed by atoms with Crippen molar-refractivity contribution in [3.05, 3.63) is 47.6 Å². The lowest BCUT2D eigenvalue weighted by Crippen LogP contribution is -2.22. The van der Waals surface area contributed by atoms with E-state index in [1.54, 1.807) is 18.2 Å². The Morgan fingerprint density at radius 2 is 1.75 bits per heavy atom. The highest BCUT2D eigenvalue weighted by Gasteiger charge is 2.17. The molecule has 2 rings (SSSR count). The van der Waals surface area contributed by atoms with E-state index in [0.717, 1.165) is 9.99 Å². The number of aromatic nitrogens is 1. The average Bonchev–Trinajstić information content (AvgIpc) is 2.42. The fourth-order valence-corrected chi connectivity index (χ4v) is 2.47. The van der Waals surface area contributed by atoms with Crippen molar-refractivity contribution in [1.29, 1.82) is 0 Å². The fraction of sp³-hybridized carbons (Fsp3) is 0.154. The summed E-state index contributed by atoms with van der Waals surface area (Å²) in [5.74, 6) is 0.560. The third-order valence-electron chi connectivity index (χ3n) is 2.63. The van der Waals surface area contributed by atoms with Gasteiger partial charge in [-0.3, -0.25) is 0 Å². The molecule has 0 unspecified atom stereocenters. The molecule has 7 heteroatoms. The van der Waals surface area contributed by atoms with Crippen LogP contribution in [0.2, 0.25) is 5.02 Å². The van der Waals surface area contributed by atoms with E-state index in [1.165, 1.54) is 26.4 Å². The van der Waals surface area contributed by atoms with Crippen molar-refractivity contribution in [2.24, 2.45) is 0 Å². The van der Waals surface area contributed by atoms with Crippen molar-refractivity contribution in [2.75, 3.05) is 19.4 Å². The first-order valence-corrected chi connectivity index (χ1v) is 7.62. The summed E-state index contributed by atoms with van der Waals surface area (Å²) in [7, 11) is -0.484. The van der Waals surface area contributed by atoms with Gasteiger partial charge in [0.2, 0.25) is 10.0 Å². The Morgan fingerprint density at radius 1 is 1.10 bits per heavy atom. The average molecular weight is 312 g/mol. The number of pyridine rings is 1. The summed E-state index contributed by atoms with van der Waals surface area (Å²) < 4.78 is 24.9. The molecule has 0 aliphatic carbocycles. The predicted molar refractivity (Wildman–Crippen MR) is 79.8 cm³/mol. The standard InChI is InChI=1S/C13H14ClN3O2S/c1-17(2)20(18,19)12-7-8-13(15-9-12)16-11-5-3-10(14)4-6-11/h3-9H,1-2H3,(H,15,16). The zero-order valence-electron chi connectivity index (χ0n) is 11.0. The summed E-state index contributed by atoms with van der Waals surface area (Å²) >= 11 is 5.80. The summed E-state index contributed by atoms with van der Waals surface area (Å²) in [6, 6.07) is 10.3. The molecule has 1 aromatic heterocycles. The maximum absolute atomic E-state index is 11.9. The lowest BCUT2D eigenvalue weighted by atomic mass is 10.3. The maximum atomic E-state index is 11.9. The van der Waals surface area contributed by atoms with Crippen LogP contribution < -0.4 is 5.32 Å². The quantitative estimate of drug-likeness (QED) is 0.943. The molecule has 0 saturated carbocycles. The number of rotatable bonds is 4. The third-order valence-corrected chi connectivity index (χ3v) is 4.68. The molecule has 1 heterocycles. The van der Waals surface area contributed by atoms with Gasteiger partial charge in [0.1, 0.15) is 10.7 Å². The molecule has 20 heavy (non-hydrogen) atoms. The zero-order valence-corrected chi connectivity index (χ0v) is 12.6. The van der Waals surface area contributed by atoms with Gasteiger partial charge in [-0.25, -0.2) is 17.7 Å². The highest BCUT2D eigenvalue weighted by molar-refractivity contribution is 7.89. The van der Waals surface area contributed by atoms with E-state index >= 15 is 0 Å². The Hall–Kier alpha value is -1.63. The number of hydrogen-bond donors (Lipinski definition) is 1. The molecule has 0 aliphatic rings. The van der Waals surface area contributed by atoms with Gasteiger partial charge in [0.25, 0.3) is 0 Å². The van der Waals surface area contributed by atoms with Crippen molar-refractivity contribution in [1.82, 2.24) is 9.29 Å². The van der Waals surface area contributed by atoms with Crippen molar-refractivity contribution in [3.63, 3.8) is 0 Å². The van der Waals surface area contributed by atoms with E-state index in [9.17, 15) is 8.42 Å². The van der Waals surface area contributed by atoms with Crippen LogP contribution in [0.25, 0.3) is 0 Å². The van der Waals surface area contributed by atoms with Crippen molar-refractivity contribution < 1.29 is 8.42 Å². The van der Waals surface area contributed by atoms with Crippen LogP contribution in [0.3, 0.4) is 0 Å². The Labute approximate surface area is 123 Å². The van der Waals surface area contributed by atoms with Gasteiger partial charge in [-0.05, 0) is 36.4 Å². The molecule has 0 spiro atoms.